The van der Waals surface area contributed by atoms with Gasteiger partial charge in [-0.1, -0.05) is 17.7 Å². The van der Waals surface area contributed by atoms with Crippen molar-refractivity contribution in [2.24, 2.45) is 0 Å². The average Bonchev–Trinajstić information content (AvgIpc) is 2.94. The van der Waals surface area contributed by atoms with E-state index in [1.165, 1.54) is 0 Å². The number of aromatic nitrogens is 3. The van der Waals surface area contributed by atoms with Crippen LogP contribution in [0.1, 0.15) is 11.1 Å². The summed E-state index contributed by atoms with van der Waals surface area (Å²) >= 11 is 6.08. The number of nitriles is 1. The van der Waals surface area contributed by atoms with Crippen LogP contribution < -0.4 is 5.73 Å². The molecule has 2 aromatic heterocycles. The van der Waals surface area contributed by atoms with Crippen molar-refractivity contribution < 1.29 is 0 Å². The van der Waals surface area contributed by atoms with Gasteiger partial charge in [0, 0.05) is 29.2 Å². The third-order valence-electron chi connectivity index (χ3n) is 3.33. The molecular weight excluding hydrogens is 298 g/mol. The highest BCUT2D eigenvalue weighted by Gasteiger charge is 2.13. The van der Waals surface area contributed by atoms with Crippen LogP contribution in [0, 0.1) is 18.3 Å². The van der Waals surface area contributed by atoms with E-state index in [1.54, 1.807) is 23.0 Å². The third-order valence-corrected chi connectivity index (χ3v) is 3.57. The van der Waals surface area contributed by atoms with Gasteiger partial charge in [0.2, 0.25) is 5.95 Å². The molecule has 6 heteroatoms. The second-order valence-corrected chi connectivity index (χ2v) is 5.28. The van der Waals surface area contributed by atoms with Gasteiger partial charge >= 0.3 is 0 Å². The first-order valence-electron chi connectivity index (χ1n) is 6.56. The van der Waals surface area contributed by atoms with Crippen LogP contribution in [0.25, 0.3) is 17.1 Å². The molecule has 0 spiro atoms. The number of rotatable bonds is 2. The number of nitrogens with zero attached hydrogens (tertiary/aromatic N) is 4. The lowest BCUT2D eigenvalue weighted by Gasteiger charge is -2.05. The van der Waals surface area contributed by atoms with Crippen molar-refractivity contribution in [3.8, 4) is 23.1 Å². The Morgan fingerprint density at radius 3 is 2.77 bits per heavy atom. The molecule has 0 aliphatic carbocycles. The molecule has 0 aliphatic rings. The fourth-order valence-electron chi connectivity index (χ4n) is 2.24. The molecule has 0 bridgehead atoms. The van der Waals surface area contributed by atoms with Crippen molar-refractivity contribution in [3.05, 3.63) is 59.0 Å². The molecule has 0 atom stereocenters. The van der Waals surface area contributed by atoms with Crippen LogP contribution in [0.5, 0.6) is 0 Å². The Hall–Kier alpha value is -2.84. The predicted octanol–water partition coefficient (Wildman–Crippen LogP) is 3.35. The maximum Gasteiger partial charge on any atom is 0.235 e. The Kier molecular flexibility index (Phi) is 3.53. The Balaban J connectivity index is 2.18. The van der Waals surface area contributed by atoms with E-state index in [2.05, 4.69) is 16.0 Å². The number of anilines is 1. The van der Waals surface area contributed by atoms with E-state index in [9.17, 15) is 5.26 Å². The van der Waals surface area contributed by atoms with Gasteiger partial charge in [0.15, 0.2) is 0 Å². The van der Waals surface area contributed by atoms with Crippen LogP contribution in [0.3, 0.4) is 0 Å². The highest BCUT2D eigenvalue weighted by molar-refractivity contribution is 6.30. The number of benzene rings is 1. The van der Waals surface area contributed by atoms with Crippen LogP contribution >= 0.6 is 11.6 Å². The molecule has 3 rings (SSSR count). The topological polar surface area (TPSA) is 80.5 Å². The summed E-state index contributed by atoms with van der Waals surface area (Å²) in [5.74, 6) is 0.792. The first-order valence-corrected chi connectivity index (χ1v) is 6.94. The summed E-state index contributed by atoms with van der Waals surface area (Å²) in [6, 6.07) is 9.40. The molecule has 22 heavy (non-hydrogen) atoms. The summed E-state index contributed by atoms with van der Waals surface area (Å²) in [6.07, 6.45) is 5.07. The normalized spacial score (nSPS) is 10.4. The zero-order chi connectivity index (χ0) is 15.7. The second kappa shape index (κ2) is 5.51. The number of hydrogen-bond acceptors (Lipinski definition) is 4. The number of halogens is 1. The van der Waals surface area contributed by atoms with Crippen LogP contribution in [-0.2, 0) is 0 Å². The van der Waals surface area contributed by atoms with Crippen LogP contribution in [-0.4, -0.2) is 14.5 Å². The van der Waals surface area contributed by atoms with Crippen molar-refractivity contribution in [1.29, 1.82) is 5.26 Å². The molecule has 108 valence electrons. The third kappa shape index (κ3) is 2.52. The van der Waals surface area contributed by atoms with Gasteiger partial charge in [0.05, 0.1) is 5.56 Å². The number of nitrogens with two attached hydrogens (primary N) is 1. The molecule has 0 aliphatic heterocycles. The van der Waals surface area contributed by atoms with Gasteiger partial charge < -0.3 is 5.73 Å². The minimum Gasteiger partial charge on any atom is -0.384 e. The molecule has 2 N–H and O–H groups in total. The van der Waals surface area contributed by atoms with Crippen molar-refractivity contribution >= 4 is 17.4 Å². The van der Waals surface area contributed by atoms with Gasteiger partial charge in [-0.3, -0.25) is 4.57 Å². The monoisotopic (exact) mass is 309 g/mol. The lowest BCUT2D eigenvalue weighted by Crippen LogP contribution is -2.00. The summed E-state index contributed by atoms with van der Waals surface area (Å²) in [5.41, 5.74) is 8.93. The molecular formula is C16H12ClN5. The number of aryl methyl sites for hydroxylation is 1. The van der Waals surface area contributed by atoms with Gasteiger partial charge in [0.1, 0.15) is 11.9 Å². The van der Waals surface area contributed by atoms with Crippen LogP contribution in [0.2, 0.25) is 5.02 Å². The minimum atomic E-state index is 0.373. The van der Waals surface area contributed by atoms with E-state index in [4.69, 9.17) is 17.3 Å². The molecule has 0 amide bonds. The Morgan fingerprint density at radius 2 is 2.05 bits per heavy atom. The van der Waals surface area contributed by atoms with Gasteiger partial charge in [-0.2, -0.15) is 10.2 Å². The summed E-state index contributed by atoms with van der Waals surface area (Å²) in [5, 5.41) is 10.0. The summed E-state index contributed by atoms with van der Waals surface area (Å²) in [6.45, 7) is 1.97. The SMILES string of the molecule is Cc1ccc(Cl)cc1-c1cn(-c2nccc(N)n2)cc1C#N. The quantitative estimate of drug-likeness (QED) is 0.787. The average molecular weight is 310 g/mol. The Labute approximate surface area is 132 Å². The van der Waals surface area contributed by atoms with Crippen LogP contribution in [0.4, 0.5) is 5.82 Å². The minimum absolute atomic E-state index is 0.373. The molecule has 0 radical (unpaired) electrons. The summed E-state index contributed by atoms with van der Waals surface area (Å²) in [4.78, 5) is 8.33. The van der Waals surface area contributed by atoms with Crippen LogP contribution in [0.15, 0.2) is 42.9 Å². The first kappa shape index (κ1) is 14.1. The summed E-state index contributed by atoms with van der Waals surface area (Å²) in [7, 11) is 0. The zero-order valence-corrected chi connectivity index (χ0v) is 12.5. The molecule has 0 unspecified atom stereocenters. The molecule has 0 saturated carbocycles. The maximum absolute atomic E-state index is 9.39. The molecule has 1 aromatic carbocycles. The van der Waals surface area contributed by atoms with E-state index in [-0.39, 0.29) is 0 Å². The van der Waals surface area contributed by atoms with Gasteiger partial charge in [0.25, 0.3) is 0 Å². The molecule has 3 aromatic rings. The Bertz CT molecular complexity index is 892. The first-order chi connectivity index (χ1) is 10.6. The Morgan fingerprint density at radius 1 is 1.23 bits per heavy atom. The molecule has 2 heterocycles. The van der Waals surface area contributed by atoms with E-state index in [1.807, 2.05) is 31.3 Å². The van der Waals surface area contributed by atoms with Gasteiger partial charge in [-0.15, -0.1) is 0 Å². The fourth-order valence-corrected chi connectivity index (χ4v) is 2.42. The lowest BCUT2D eigenvalue weighted by atomic mass is 10.0. The van der Waals surface area contributed by atoms with Crippen molar-refractivity contribution in [2.45, 2.75) is 6.92 Å². The van der Waals surface area contributed by atoms with E-state index in [0.29, 0.717) is 22.4 Å². The van der Waals surface area contributed by atoms with E-state index in [0.717, 1.165) is 16.7 Å². The predicted molar refractivity (Wildman–Crippen MR) is 85.7 cm³/mol. The number of nitrogen functional groups attached to an aromatic ring is 1. The van der Waals surface area contributed by atoms with Gasteiger partial charge in [-0.05, 0) is 36.2 Å². The summed E-state index contributed by atoms with van der Waals surface area (Å²) < 4.78 is 1.69. The largest absolute Gasteiger partial charge is 0.384 e. The lowest BCUT2D eigenvalue weighted by molar-refractivity contribution is 0.939. The maximum atomic E-state index is 9.39. The van der Waals surface area contributed by atoms with Crippen molar-refractivity contribution in [2.75, 3.05) is 5.73 Å². The van der Waals surface area contributed by atoms with Crippen molar-refractivity contribution in [1.82, 2.24) is 14.5 Å². The van der Waals surface area contributed by atoms with Crippen molar-refractivity contribution in [3.63, 3.8) is 0 Å². The second-order valence-electron chi connectivity index (χ2n) is 4.85. The molecule has 5 nitrogen and oxygen atoms in total. The standard InChI is InChI=1S/C16H12ClN5/c1-10-2-3-12(17)6-13(10)14-9-22(8-11(14)7-18)16-20-5-4-15(19)21-16/h2-6,8-9H,1H3,(H2,19,20,21). The van der Waals surface area contributed by atoms with E-state index >= 15 is 0 Å². The highest BCUT2D eigenvalue weighted by Crippen LogP contribution is 2.30. The molecule has 0 saturated heterocycles. The van der Waals surface area contributed by atoms with Gasteiger partial charge in [-0.25, -0.2) is 4.98 Å². The highest BCUT2D eigenvalue weighted by atomic mass is 35.5. The van der Waals surface area contributed by atoms with E-state index < -0.39 is 0 Å². The fraction of sp³-hybridized carbons (Fsp3) is 0.0625. The molecule has 0 fully saturated rings. The zero-order valence-electron chi connectivity index (χ0n) is 11.8. The number of hydrogen-bond donors (Lipinski definition) is 1. The smallest absolute Gasteiger partial charge is 0.235 e.